The molecular formula is C16H21IN2O2. The minimum absolute atomic E-state index is 0.0531. The van der Waals surface area contributed by atoms with Gasteiger partial charge in [-0.2, -0.15) is 0 Å². The van der Waals surface area contributed by atoms with E-state index in [0.29, 0.717) is 13.1 Å². The summed E-state index contributed by atoms with van der Waals surface area (Å²) in [6, 6.07) is 7.62. The van der Waals surface area contributed by atoms with Crippen LogP contribution in [0.1, 0.15) is 36.5 Å². The Morgan fingerprint density at radius 1 is 1.24 bits per heavy atom. The molecule has 1 aromatic carbocycles. The Labute approximate surface area is 139 Å². The van der Waals surface area contributed by atoms with Gasteiger partial charge in [0, 0.05) is 34.7 Å². The van der Waals surface area contributed by atoms with Gasteiger partial charge in [-0.15, -0.1) is 0 Å². The van der Waals surface area contributed by atoms with Gasteiger partial charge in [0.05, 0.1) is 0 Å². The Kier molecular flexibility index (Phi) is 6.02. The number of halogens is 1. The molecule has 1 saturated heterocycles. The summed E-state index contributed by atoms with van der Waals surface area (Å²) in [5.41, 5.74) is 0.726. The molecule has 4 nitrogen and oxygen atoms in total. The van der Waals surface area contributed by atoms with Gasteiger partial charge in [-0.05, 0) is 66.1 Å². The first kappa shape index (κ1) is 16.3. The molecule has 0 radical (unpaired) electrons. The van der Waals surface area contributed by atoms with Gasteiger partial charge in [0.15, 0.2) is 0 Å². The third kappa shape index (κ3) is 4.43. The van der Waals surface area contributed by atoms with Crippen LogP contribution in [-0.2, 0) is 4.79 Å². The molecule has 0 atom stereocenters. The van der Waals surface area contributed by atoms with Crippen molar-refractivity contribution in [3.8, 4) is 0 Å². The molecule has 0 spiro atoms. The quantitative estimate of drug-likeness (QED) is 0.791. The number of hydrogen-bond acceptors (Lipinski definition) is 2. The molecule has 1 aliphatic rings. The van der Waals surface area contributed by atoms with Crippen molar-refractivity contribution >= 4 is 34.4 Å². The highest BCUT2D eigenvalue weighted by Crippen LogP contribution is 2.19. The molecule has 0 unspecified atom stereocenters. The van der Waals surface area contributed by atoms with Gasteiger partial charge in [0.25, 0.3) is 5.91 Å². The Bertz CT molecular complexity index is 494. The number of benzene rings is 1. The first-order valence-corrected chi connectivity index (χ1v) is 8.52. The molecule has 21 heavy (non-hydrogen) atoms. The highest BCUT2D eigenvalue weighted by molar-refractivity contribution is 14.1. The largest absolute Gasteiger partial charge is 0.356 e. The summed E-state index contributed by atoms with van der Waals surface area (Å²) in [5, 5.41) is 2.94. The normalized spacial score (nSPS) is 15.8. The van der Waals surface area contributed by atoms with Crippen LogP contribution in [0.15, 0.2) is 24.3 Å². The molecule has 0 aliphatic carbocycles. The molecule has 5 heteroatoms. The Morgan fingerprint density at radius 2 is 1.86 bits per heavy atom. The first-order chi connectivity index (χ1) is 10.1. The van der Waals surface area contributed by atoms with Crippen molar-refractivity contribution in [1.29, 1.82) is 0 Å². The first-order valence-electron chi connectivity index (χ1n) is 7.44. The highest BCUT2D eigenvalue weighted by atomic mass is 127. The van der Waals surface area contributed by atoms with E-state index in [2.05, 4.69) is 27.9 Å². The maximum Gasteiger partial charge on any atom is 0.253 e. The van der Waals surface area contributed by atoms with E-state index in [9.17, 15) is 9.59 Å². The van der Waals surface area contributed by atoms with Crippen LogP contribution >= 0.6 is 22.6 Å². The van der Waals surface area contributed by atoms with Gasteiger partial charge >= 0.3 is 0 Å². The lowest BCUT2D eigenvalue weighted by atomic mass is 9.95. The predicted molar refractivity (Wildman–Crippen MR) is 91.1 cm³/mol. The van der Waals surface area contributed by atoms with Crippen LogP contribution < -0.4 is 5.32 Å². The molecule has 1 fully saturated rings. The molecule has 1 aliphatic heterocycles. The highest BCUT2D eigenvalue weighted by Gasteiger charge is 2.27. The second-order valence-corrected chi connectivity index (χ2v) is 6.61. The lowest BCUT2D eigenvalue weighted by Gasteiger charge is -2.31. The maximum atomic E-state index is 12.4. The zero-order chi connectivity index (χ0) is 15.2. The van der Waals surface area contributed by atoms with Crippen molar-refractivity contribution in [2.45, 2.75) is 26.2 Å². The third-order valence-corrected chi connectivity index (χ3v) is 4.51. The summed E-state index contributed by atoms with van der Waals surface area (Å²) in [5.74, 6) is 0.259. The molecule has 2 rings (SSSR count). The fraction of sp³-hybridized carbons (Fsp3) is 0.500. The molecular weight excluding hydrogens is 379 g/mol. The van der Waals surface area contributed by atoms with Crippen molar-refractivity contribution < 1.29 is 9.59 Å². The number of hydrogen-bond donors (Lipinski definition) is 1. The van der Waals surface area contributed by atoms with E-state index >= 15 is 0 Å². The molecule has 0 bridgehead atoms. The number of piperidine rings is 1. The average molecular weight is 400 g/mol. The third-order valence-electron chi connectivity index (χ3n) is 3.79. The average Bonchev–Trinajstić information content (AvgIpc) is 2.53. The van der Waals surface area contributed by atoms with Crippen molar-refractivity contribution in [1.82, 2.24) is 10.2 Å². The minimum atomic E-state index is 0.0531. The van der Waals surface area contributed by atoms with E-state index in [0.717, 1.165) is 34.9 Å². The fourth-order valence-electron chi connectivity index (χ4n) is 2.51. The summed E-state index contributed by atoms with van der Waals surface area (Å²) >= 11 is 2.23. The van der Waals surface area contributed by atoms with E-state index in [1.807, 2.05) is 36.1 Å². The number of nitrogens with one attached hydrogen (secondary N) is 1. The standard InChI is InChI=1S/C16H21IN2O2/c1-2-9-18-15(20)12-7-10-19(11-8-12)16(21)13-3-5-14(17)6-4-13/h3-6,12H,2,7-11H2,1H3,(H,18,20). The van der Waals surface area contributed by atoms with Crippen LogP contribution in [0.2, 0.25) is 0 Å². The summed E-state index contributed by atoms with van der Waals surface area (Å²) in [7, 11) is 0. The molecule has 1 aromatic rings. The molecule has 114 valence electrons. The lowest BCUT2D eigenvalue weighted by molar-refractivity contribution is -0.126. The molecule has 1 N–H and O–H groups in total. The van der Waals surface area contributed by atoms with Crippen molar-refractivity contribution in [3.05, 3.63) is 33.4 Å². The van der Waals surface area contributed by atoms with Crippen LogP contribution in [0.4, 0.5) is 0 Å². The Balaban J connectivity index is 1.87. The molecule has 0 aromatic heterocycles. The fourth-order valence-corrected chi connectivity index (χ4v) is 2.87. The number of carbonyl (C=O) groups excluding carboxylic acids is 2. The van der Waals surface area contributed by atoms with E-state index < -0.39 is 0 Å². The smallest absolute Gasteiger partial charge is 0.253 e. The van der Waals surface area contributed by atoms with Crippen LogP contribution in [0.25, 0.3) is 0 Å². The van der Waals surface area contributed by atoms with Crippen LogP contribution in [0.3, 0.4) is 0 Å². The second kappa shape index (κ2) is 7.77. The Morgan fingerprint density at radius 3 is 2.43 bits per heavy atom. The maximum absolute atomic E-state index is 12.4. The lowest BCUT2D eigenvalue weighted by Crippen LogP contribution is -2.43. The number of carbonyl (C=O) groups is 2. The number of rotatable bonds is 4. The van der Waals surface area contributed by atoms with E-state index in [-0.39, 0.29) is 17.7 Å². The second-order valence-electron chi connectivity index (χ2n) is 5.36. The zero-order valence-electron chi connectivity index (χ0n) is 12.3. The summed E-state index contributed by atoms with van der Waals surface area (Å²) in [4.78, 5) is 26.2. The molecule has 0 saturated carbocycles. The van der Waals surface area contributed by atoms with Gasteiger partial charge in [0.1, 0.15) is 0 Å². The van der Waals surface area contributed by atoms with Crippen LogP contribution in [-0.4, -0.2) is 36.3 Å². The van der Waals surface area contributed by atoms with Crippen molar-refractivity contribution in [2.24, 2.45) is 5.92 Å². The van der Waals surface area contributed by atoms with Gasteiger partial charge in [0.2, 0.25) is 5.91 Å². The van der Waals surface area contributed by atoms with Crippen LogP contribution in [0.5, 0.6) is 0 Å². The minimum Gasteiger partial charge on any atom is -0.356 e. The summed E-state index contributed by atoms with van der Waals surface area (Å²) < 4.78 is 1.12. The zero-order valence-corrected chi connectivity index (χ0v) is 14.4. The number of likely N-dealkylation sites (tertiary alicyclic amines) is 1. The monoisotopic (exact) mass is 400 g/mol. The molecule has 1 heterocycles. The van der Waals surface area contributed by atoms with Crippen LogP contribution in [0, 0.1) is 9.49 Å². The van der Waals surface area contributed by atoms with Gasteiger partial charge in [-0.25, -0.2) is 0 Å². The predicted octanol–water partition coefficient (Wildman–Crippen LogP) is 2.67. The SMILES string of the molecule is CCCNC(=O)C1CCN(C(=O)c2ccc(I)cc2)CC1. The van der Waals surface area contributed by atoms with E-state index in [1.54, 1.807) is 0 Å². The number of nitrogens with zero attached hydrogens (tertiary/aromatic N) is 1. The van der Waals surface area contributed by atoms with Gasteiger partial charge < -0.3 is 10.2 Å². The van der Waals surface area contributed by atoms with E-state index in [4.69, 9.17) is 0 Å². The summed E-state index contributed by atoms with van der Waals surface area (Å²) in [6.07, 6.45) is 2.47. The number of amides is 2. The molecule has 2 amide bonds. The van der Waals surface area contributed by atoms with Gasteiger partial charge in [-0.3, -0.25) is 9.59 Å². The van der Waals surface area contributed by atoms with Gasteiger partial charge in [-0.1, -0.05) is 6.92 Å². The summed E-state index contributed by atoms with van der Waals surface area (Å²) in [6.45, 7) is 4.10. The van der Waals surface area contributed by atoms with E-state index in [1.165, 1.54) is 0 Å². The van der Waals surface area contributed by atoms with Crippen molar-refractivity contribution in [2.75, 3.05) is 19.6 Å². The topological polar surface area (TPSA) is 49.4 Å². The Hall–Kier alpha value is -1.11. The van der Waals surface area contributed by atoms with Crippen molar-refractivity contribution in [3.63, 3.8) is 0 Å².